The molecule has 0 amide bonds. The third-order valence-corrected chi connectivity index (χ3v) is 4.69. The molecule has 2 bridgehead atoms. The van der Waals surface area contributed by atoms with Gasteiger partial charge in [-0.25, -0.2) is 9.78 Å². The van der Waals surface area contributed by atoms with Crippen LogP contribution in [0.1, 0.15) is 35.3 Å². The zero-order valence-electron chi connectivity index (χ0n) is 12.0. The third kappa shape index (κ3) is 2.26. The molecule has 3 heterocycles. The van der Waals surface area contributed by atoms with Gasteiger partial charge in [0.1, 0.15) is 11.4 Å². The van der Waals surface area contributed by atoms with Crippen LogP contribution in [0.3, 0.4) is 0 Å². The Morgan fingerprint density at radius 2 is 2.05 bits per heavy atom. The SMILES string of the molecule is Cc1ccc(C(=O)O)c(N2CC[C@@H]3CC[C@H](C2)N3C)n1. The zero-order chi connectivity index (χ0) is 14.3. The van der Waals surface area contributed by atoms with Crippen LogP contribution in [0.2, 0.25) is 0 Å². The highest BCUT2D eigenvalue weighted by Gasteiger charge is 2.35. The summed E-state index contributed by atoms with van der Waals surface area (Å²) in [7, 11) is 2.19. The summed E-state index contributed by atoms with van der Waals surface area (Å²) in [6, 6.07) is 4.60. The molecular formula is C15H21N3O2. The van der Waals surface area contributed by atoms with E-state index in [0.29, 0.717) is 23.5 Å². The lowest BCUT2D eigenvalue weighted by atomic mass is 10.1. The lowest BCUT2D eigenvalue weighted by molar-refractivity contribution is 0.0697. The second kappa shape index (κ2) is 5.05. The number of hydrogen-bond acceptors (Lipinski definition) is 4. The molecule has 1 aromatic heterocycles. The minimum absolute atomic E-state index is 0.316. The molecule has 2 aliphatic rings. The highest BCUT2D eigenvalue weighted by atomic mass is 16.4. The average molecular weight is 275 g/mol. The van der Waals surface area contributed by atoms with Gasteiger partial charge >= 0.3 is 5.97 Å². The van der Waals surface area contributed by atoms with Crippen LogP contribution in [0.25, 0.3) is 0 Å². The number of aromatic carboxylic acids is 1. The van der Waals surface area contributed by atoms with E-state index in [2.05, 4.69) is 21.8 Å². The summed E-state index contributed by atoms with van der Waals surface area (Å²) in [6.45, 7) is 3.68. The van der Waals surface area contributed by atoms with Gasteiger partial charge < -0.3 is 10.0 Å². The molecule has 2 fully saturated rings. The van der Waals surface area contributed by atoms with Crippen LogP contribution in [0.4, 0.5) is 5.82 Å². The van der Waals surface area contributed by atoms with Crippen molar-refractivity contribution < 1.29 is 9.90 Å². The zero-order valence-corrected chi connectivity index (χ0v) is 12.0. The number of fused-ring (bicyclic) bond motifs is 2. The Morgan fingerprint density at radius 1 is 1.30 bits per heavy atom. The number of likely N-dealkylation sites (N-methyl/N-ethyl adjacent to an activating group) is 1. The lowest BCUT2D eigenvalue weighted by Gasteiger charge is -2.27. The number of carbonyl (C=O) groups is 1. The highest BCUT2D eigenvalue weighted by Crippen LogP contribution is 2.31. The van der Waals surface area contributed by atoms with Crippen LogP contribution in [-0.2, 0) is 0 Å². The summed E-state index contributed by atoms with van der Waals surface area (Å²) >= 11 is 0. The Morgan fingerprint density at radius 3 is 2.80 bits per heavy atom. The van der Waals surface area contributed by atoms with Gasteiger partial charge in [0.05, 0.1) is 0 Å². The Labute approximate surface area is 119 Å². The molecule has 5 nitrogen and oxygen atoms in total. The van der Waals surface area contributed by atoms with Crippen molar-refractivity contribution in [2.45, 2.75) is 38.3 Å². The van der Waals surface area contributed by atoms with E-state index >= 15 is 0 Å². The molecule has 0 radical (unpaired) electrons. The molecule has 0 saturated carbocycles. The van der Waals surface area contributed by atoms with Gasteiger partial charge in [-0.05, 0) is 45.4 Å². The third-order valence-electron chi connectivity index (χ3n) is 4.69. The first-order valence-electron chi connectivity index (χ1n) is 7.24. The summed E-state index contributed by atoms with van der Waals surface area (Å²) < 4.78 is 0. The van der Waals surface area contributed by atoms with E-state index in [1.807, 2.05) is 6.92 Å². The maximum atomic E-state index is 11.4. The molecule has 2 atom stereocenters. The van der Waals surface area contributed by atoms with Crippen LogP contribution in [0, 0.1) is 6.92 Å². The number of pyridine rings is 1. The Balaban J connectivity index is 1.93. The van der Waals surface area contributed by atoms with Crippen molar-refractivity contribution in [3.05, 3.63) is 23.4 Å². The molecule has 3 rings (SSSR count). The lowest BCUT2D eigenvalue weighted by Crippen LogP contribution is -2.37. The van der Waals surface area contributed by atoms with Gasteiger partial charge in [-0.2, -0.15) is 0 Å². The molecule has 0 spiro atoms. The Kier molecular flexibility index (Phi) is 3.38. The summed E-state index contributed by atoms with van der Waals surface area (Å²) in [4.78, 5) is 20.5. The molecule has 2 aliphatic heterocycles. The van der Waals surface area contributed by atoms with Crippen molar-refractivity contribution >= 4 is 11.8 Å². The average Bonchev–Trinajstić information content (AvgIpc) is 2.62. The summed E-state index contributed by atoms with van der Waals surface area (Å²) in [5.74, 6) is -0.256. The second-order valence-corrected chi connectivity index (χ2v) is 5.91. The molecular weight excluding hydrogens is 254 g/mol. The van der Waals surface area contributed by atoms with Gasteiger partial charge in [-0.3, -0.25) is 4.90 Å². The first kappa shape index (κ1) is 13.4. The van der Waals surface area contributed by atoms with Gasteiger partial charge in [0, 0.05) is 30.9 Å². The van der Waals surface area contributed by atoms with E-state index in [0.717, 1.165) is 25.2 Å². The summed E-state index contributed by atoms with van der Waals surface area (Å²) in [6.07, 6.45) is 3.55. The molecule has 2 saturated heterocycles. The molecule has 20 heavy (non-hydrogen) atoms. The molecule has 1 N–H and O–H groups in total. The topological polar surface area (TPSA) is 56.7 Å². The number of aryl methyl sites for hydroxylation is 1. The molecule has 108 valence electrons. The van der Waals surface area contributed by atoms with Crippen LogP contribution in [-0.4, -0.2) is 53.2 Å². The fraction of sp³-hybridized carbons (Fsp3) is 0.600. The van der Waals surface area contributed by atoms with Gasteiger partial charge in [-0.1, -0.05) is 0 Å². The van der Waals surface area contributed by atoms with Crippen molar-refractivity contribution in [3.63, 3.8) is 0 Å². The maximum absolute atomic E-state index is 11.4. The number of hydrogen-bond donors (Lipinski definition) is 1. The van der Waals surface area contributed by atoms with Crippen LogP contribution in [0.5, 0.6) is 0 Å². The minimum atomic E-state index is -0.893. The predicted octanol–water partition coefficient (Wildman–Crippen LogP) is 1.76. The Bertz CT molecular complexity index is 532. The smallest absolute Gasteiger partial charge is 0.339 e. The standard InChI is InChI=1S/C15H21N3O2/c1-10-3-6-13(15(19)20)14(16-10)18-8-7-11-4-5-12(9-18)17(11)2/h3,6,11-12H,4-5,7-9H2,1-2H3,(H,19,20)/t11-,12+/m0/s1. The van der Waals surface area contributed by atoms with E-state index in [1.165, 1.54) is 12.8 Å². The van der Waals surface area contributed by atoms with Crippen LogP contribution >= 0.6 is 0 Å². The molecule has 5 heteroatoms. The summed E-state index contributed by atoms with van der Waals surface area (Å²) in [5.41, 5.74) is 1.18. The molecule has 0 aliphatic carbocycles. The number of carboxylic acid groups (broad SMARTS) is 1. The molecule has 0 aromatic carbocycles. The van der Waals surface area contributed by atoms with Gasteiger partial charge in [0.15, 0.2) is 0 Å². The van der Waals surface area contributed by atoms with E-state index < -0.39 is 5.97 Å². The molecule has 0 unspecified atom stereocenters. The second-order valence-electron chi connectivity index (χ2n) is 5.91. The van der Waals surface area contributed by atoms with E-state index in [9.17, 15) is 9.90 Å². The summed E-state index contributed by atoms with van der Waals surface area (Å²) in [5, 5.41) is 9.36. The molecule has 1 aromatic rings. The normalized spacial score (nSPS) is 26.6. The number of carboxylic acids is 1. The van der Waals surface area contributed by atoms with E-state index in [4.69, 9.17) is 0 Å². The van der Waals surface area contributed by atoms with Crippen LogP contribution < -0.4 is 4.90 Å². The van der Waals surface area contributed by atoms with Gasteiger partial charge in [-0.15, -0.1) is 0 Å². The maximum Gasteiger partial charge on any atom is 0.339 e. The van der Waals surface area contributed by atoms with Crippen LogP contribution in [0.15, 0.2) is 12.1 Å². The predicted molar refractivity (Wildman–Crippen MR) is 77.3 cm³/mol. The minimum Gasteiger partial charge on any atom is -0.478 e. The monoisotopic (exact) mass is 275 g/mol. The van der Waals surface area contributed by atoms with Crippen molar-refractivity contribution in [2.24, 2.45) is 0 Å². The van der Waals surface area contributed by atoms with Crippen molar-refractivity contribution in [2.75, 3.05) is 25.0 Å². The largest absolute Gasteiger partial charge is 0.478 e. The van der Waals surface area contributed by atoms with Crippen molar-refractivity contribution in [1.29, 1.82) is 0 Å². The number of aromatic nitrogens is 1. The number of anilines is 1. The highest BCUT2D eigenvalue weighted by molar-refractivity contribution is 5.93. The van der Waals surface area contributed by atoms with Gasteiger partial charge in [0.25, 0.3) is 0 Å². The van der Waals surface area contributed by atoms with Crippen molar-refractivity contribution in [3.8, 4) is 0 Å². The fourth-order valence-corrected chi connectivity index (χ4v) is 3.45. The first-order valence-corrected chi connectivity index (χ1v) is 7.24. The quantitative estimate of drug-likeness (QED) is 0.891. The first-order chi connectivity index (χ1) is 9.56. The number of rotatable bonds is 2. The fourth-order valence-electron chi connectivity index (χ4n) is 3.45. The Hall–Kier alpha value is -1.62. The van der Waals surface area contributed by atoms with Gasteiger partial charge in [0.2, 0.25) is 0 Å². The van der Waals surface area contributed by atoms with E-state index in [1.54, 1.807) is 12.1 Å². The number of nitrogens with zero attached hydrogens (tertiary/aromatic N) is 3. The van der Waals surface area contributed by atoms with Crippen molar-refractivity contribution in [1.82, 2.24) is 9.88 Å². The van der Waals surface area contributed by atoms with E-state index in [-0.39, 0.29) is 0 Å².